The molecule has 1 unspecified atom stereocenters. The Bertz CT molecular complexity index is 467. The SMILES string of the molecule is CC1CNCCO1.Cc1ccccc1S(=O)(=O)O. The van der Waals surface area contributed by atoms with Crippen molar-refractivity contribution in [3.8, 4) is 0 Å². The van der Waals surface area contributed by atoms with E-state index in [1.807, 2.05) is 0 Å². The highest BCUT2D eigenvalue weighted by Gasteiger charge is 2.10. The Kier molecular flexibility index (Phi) is 5.74. The van der Waals surface area contributed by atoms with Crippen molar-refractivity contribution in [2.24, 2.45) is 0 Å². The molecule has 2 rings (SSSR count). The summed E-state index contributed by atoms with van der Waals surface area (Å²) in [6.45, 7) is 6.61. The summed E-state index contributed by atoms with van der Waals surface area (Å²) >= 11 is 0. The average Bonchev–Trinajstić information content (AvgIpc) is 2.30. The van der Waals surface area contributed by atoms with Crippen LogP contribution in [0.4, 0.5) is 0 Å². The molecule has 1 aliphatic heterocycles. The first kappa shape index (κ1) is 15.1. The van der Waals surface area contributed by atoms with Gasteiger partial charge in [-0.15, -0.1) is 0 Å². The quantitative estimate of drug-likeness (QED) is 0.753. The van der Waals surface area contributed by atoms with E-state index in [9.17, 15) is 8.42 Å². The van der Waals surface area contributed by atoms with Crippen LogP contribution in [-0.4, -0.2) is 38.8 Å². The highest BCUT2D eigenvalue weighted by atomic mass is 32.2. The molecule has 18 heavy (non-hydrogen) atoms. The fourth-order valence-corrected chi connectivity index (χ4v) is 2.27. The predicted molar refractivity (Wildman–Crippen MR) is 69.3 cm³/mol. The first-order valence-corrected chi connectivity index (χ1v) is 7.20. The highest BCUT2D eigenvalue weighted by molar-refractivity contribution is 7.85. The molecule has 1 atom stereocenters. The van der Waals surface area contributed by atoms with Crippen molar-refractivity contribution in [2.75, 3.05) is 19.7 Å². The van der Waals surface area contributed by atoms with Gasteiger partial charge in [0.25, 0.3) is 10.1 Å². The standard InChI is InChI=1S/C7H8O3S.C5H11NO/c1-6-4-2-3-5-7(6)11(8,9)10;1-5-4-6-2-3-7-5/h2-5H,1H3,(H,8,9,10);5-6H,2-4H2,1H3. The second-order valence-corrected chi connectivity index (χ2v) is 5.52. The van der Waals surface area contributed by atoms with E-state index in [1.165, 1.54) is 6.07 Å². The molecule has 0 aliphatic carbocycles. The van der Waals surface area contributed by atoms with E-state index in [0.29, 0.717) is 11.7 Å². The molecule has 1 saturated heterocycles. The average molecular weight is 273 g/mol. The normalized spacial score (nSPS) is 19.8. The Labute approximate surface area is 108 Å². The molecule has 1 fully saturated rings. The molecule has 1 aliphatic rings. The minimum atomic E-state index is -4.03. The summed E-state index contributed by atoms with van der Waals surface area (Å²) in [5, 5.41) is 3.21. The van der Waals surface area contributed by atoms with E-state index in [-0.39, 0.29) is 4.90 Å². The van der Waals surface area contributed by atoms with E-state index < -0.39 is 10.1 Å². The van der Waals surface area contributed by atoms with Crippen LogP contribution in [-0.2, 0) is 14.9 Å². The van der Waals surface area contributed by atoms with Crippen LogP contribution in [0.2, 0.25) is 0 Å². The molecule has 1 aromatic rings. The topological polar surface area (TPSA) is 75.6 Å². The van der Waals surface area contributed by atoms with Crippen LogP contribution < -0.4 is 5.32 Å². The van der Waals surface area contributed by atoms with Crippen LogP contribution in [0.25, 0.3) is 0 Å². The lowest BCUT2D eigenvalue weighted by molar-refractivity contribution is 0.0410. The zero-order chi connectivity index (χ0) is 13.6. The smallest absolute Gasteiger partial charge is 0.294 e. The van der Waals surface area contributed by atoms with Crippen molar-refractivity contribution >= 4 is 10.1 Å². The third-order valence-corrected chi connectivity index (χ3v) is 3.50. The highest BCUT2D eigenvalue weighted by Crippen LogP contribution is 2.12. The van der Waals surface area contributed by atoms with Crippen molar-refractivity contribution < 1.29 is 17.7 Å². The molecule has 6 heteroatoms. The minimum absolute atomic E-state index is 0.0278. The molecule has 0 aromatic heterocycles. The van der Waals surface area contributed by atoms with E-state index in [1.54, 1.807) is 25.1 Å². The number of aryl methyl sites for hydroxylation is 1. The van der Waals surface area contributed by atoms with Gasteiger partial charge in [0.15, 0.2) is 0 Å². The third-order valence-electron chi connectivity index (χ3n) is 2.48. The molecular weight excluding hydrogens is 254 g/mol. The van der Waals surface area contributed by atoms with Crippen LogP contribution in [0, 0.1) is 6.92 Å². The second kappa shape index (κ2) is 6.84. The van der Waals surface area contributed by atoms with Crippen LogP contribution in [0.15, 0.2) is 29.2 Å². The zero-order valence-corrected chi connectivity index (χ0v) is 11.4. The minimum Gasteiger partial charge on any atom is -0.376 e. The first-order valence-electron chi connectivity index (χ1n) is 5.76. The molecule has 0 amide bonds. The summed E-state index contributed by atoms with van der Waals surface area (Å²) in [5.74, 6) is 0. The lowest BCUT2D eigenvalue weighted by atomic mass is 10.2. The summed E-state index contributed by atoms with van der Waals surface area (Å²) in [6, 6.07) is 6.27. The Morgan fingerprint density at radius 3 is 2.39 bits per heavy atom. The Morgan fingerprint density at radius 1 is 1.39 bits per heavy atom. The van der Waals surface area contributed by atoms with Gasteiger partial charge in [0.2, 0.25) is 0 Å². The molecule has 1 heterocycles. The zero-order valence-electron chi connectivity index (χ0n) is 10.6. The van der Waals surface area contributed by atoms with Gasteiger partial charge in [-0.2, -0.15) is 8.42 Å². The number of morpholine rings is 1. The van der Waals surface area contributed by atoms with Crippen molar-refractivity contribution in [3.05, 3.63) is 29.8 Å². The van der Waals surface area contributed by atoms with Gasteiger partial charge < -0.3 is 10.1 Å². The maximum Gasteiger partial charge on any atom is 0.294 e. The molecule has 102 valence electrons. The van der Waals surface area contributed by atoms with Crippen LogP contribution >= 0.6 is 0 Å². The Balaban J connectivity index is 0.000000199. The third kappa shape index (κ3) is 5.14. The summed E-state index contributed by atoms with van der Waals surface area (Å²) in [7, 11) is -4.03. The van der Waals surface area contributed by atoms with Gasteiger partial charge in [0.1, 0.15) is 0 Å². The van der Waals surface area contributed by atoms with E-state index in [2.05, 4.69) is 12.2 Å². The van der Waals surface area contributed by atoms with Crippen LogP contribution in [0.5, 0.6) is 0 Å². The molecule has 0 spiro atoms. The van der Waals surface area contributed by atoms with Gasteiger partial charge in [-0.1, -0.05) is 18.2 Å². The number of rotatable bonds is 1. The van der Waals surface area contributed by atoms with Gasteiger partial charge in [-0.05, 0) is 25.5 Å². The maximum atomic E-state index is 10.6. The lowest BCUT2D eigenvalue weighted by Gasteiger charge is -2.18. The Hall–Kier alpha value is -0.950. The molecule has 0 saturated carbocycles. The summed E-state index contributed by atoms with van der Waals surface area (Å²) in [6.07, 6.45) is 0.425. The fourth-order valence-electron chi connectivity index (χ4n) is 1.54. The predicted octanol–water partition coefficient (Wildman–Crippen LogP) is 1.24. The number of nitrogens with one attached hydrogen (secondary N) is 1. The van der Waals surface area contributed by atoms with Gasteiger partial charge in [-0.25, -0.2) is 0 Å². The number of benzene rings is 1. The number of ether oxygens (including phenoxy) is 1. The van der Waals surface area contributed by atoms with Crippen LogP contribution in [0.1, 0.15) is 12.5 Å². The summed E-state index contributed by atoms with van der Waals surface area (Å²) in [5.41, 5.74) is 0.551. The largest absolute Gasteiger partial charge is 0.376 e. The molecule has 5 nitrogen and oxygen atoms in total. The van der Waals surface area contributed by atoms with Gasteiger partial charge in [0, 0.05) is 13.1 Å². The number of hydrogen-bond donors (Lipinski definition) is 2. The summed E-state index contributed by atoms with van der Waals surface area (Å²) < 4.78 is 35.1. The first-order chi connectivity index (χ1) is 8.41. The lowest BCUT2D eigenvalue weighted by Crippen LogP contribution is -2.36. The van der Waals surface area contributed by atoms with Gasteiger partial charge in [0.05, 0.1) is 17.6 Å². The number of hydrogen-bond acceptors (Lipinski definition) is 4. The maximum absolute atomic E-state index is 10.6. The molecular formula is C12H19NO4S. The summed E-state index contributed by atoms with van der Waals surface area (Å²) in [4.78, 5) is -0.0278. The fraction of sp³-hybridized carbons (Fsp3) is 0.500. The van der Waals surface area contributed by atoms with Crippen LogP contribution in [0.3, 0.4) is 0 Å². The van der Waals surface area contributed by atoms with Gasteiger partial charge in [-0.3, -0.25) is 4.55 Å². The van der Waals surface area contributed by atoms with Crippen molar-refractivity contribution in [3.63, 3.8) is 0 Å². The van der Waals surface area contributed by atoms with E-state index in [4.69, 9.17) is 9.29 Å². The molecule has 2 N–H and O–H groups in total. The molecule has 0 bridgehead atoms. The molecule has 0 radical (unpaired) electrons. The van der Waals surface area contributed by atoms with Crippen molar-refractivity contribution in [2.45, 2.75) is 24.8 Å². The van der Waals surface area contributed by atoms with E-state index in [0.717, 1.165) is 19.7 Å². The Morgan fingerprint density at radius 2 is 2.06 bits per heavy atom. The van der Waals surface area contributed by atoms with E-state index >= 15 is 0 Å². The molecule has 1 aromatic carbocycles. The second-order valence-electron chi connectivity index (χ2n) is 4.13. The monoisotopic (exact) mass is 273 g/mol. The van der Waals surface area contributed by atoms with Gasteiger partial charge >= 0.3 is 0 Å². The van der Waals surface area contributed by atoms with Crippen molar-refractivity contribution in [1.29, 1.82) is 0 Å². The van der Waals surface area contributed by atoms with Crippen molar-refractivity contribution in [1.82, 2.24) is 5.32 Å².